The molecule has 3 nitrogen and oxygen atoms in total. The van der Waals surface area contributed by atoms with E-state index in [-0.39, 0.29) is 18.6 Å². The first-order valence-corrected chi connectivity index (χ1v) is 12.1. The zero-order valence-electron chi connectivity index (χ0n) is 15.8. The van der Waals surface area contributed by atoms with E-state index in [9.17, 15) is 9.59 Å². The van der Waals surface area contributed by atoms with Crippen molar-refractivity contribution in [1.82, 2.24) is 0 Å². The molecule has 0 fully saturated rings. The molecule has 2 aromatic heterocycles. The summed E-state index contributed by atoms with van der Waals surface area (Å²) in [5.41, 5.74) is 2.42. The molecule has 0 aliphatic heterocycles. The molecule has 0 aliphatic rings. The molecule has 1 N–H and O–H groups in total. The van der Waals surface area contributed by atoms with Crippen LogP contribution in [0.2, 0.25) is 0 Å². The van der Waals surface area contributed by atoms with Crippen LogP contribution in [-0.2, 0) is 4.79 Å². The molecule has 0 atom stereocenters. The molecule has 0 unspecified atom stereocenters. The first-order valence-electron chi connectivity index (χ1n) is 8.82. The van der Waals surface area contributed by atoms with Gasteiger partial charge in [-0.2, -0.15) is 0 Å². The number of Topliss-reactive ketones (excluding diaryl/α,β-unsaturated/α-hetero) is 1. The molecule has 2 aromatic carbocycles. The summed E-state index contributed by atoms with van der Waals surface area (Å²) in [6, 6.07) is 12.4. The maximum Gasteiger partial charge on any atom is 0.303 e. The van der Waals surface area contributed by atoms with Crippen molar-refractivity contribution in [2.24, 2.45) is 0 Å². The lowest BCUT2D eigenvalue weighted by molar-refractivity contribution is -0.136. The van der Waals surface area contributed by atoms with Gasteiger partial charge in [-0.1, -0.05) is 31.9 Å². The van der Waals surface area contributed by atoms with Crippen molar-refractivity contribution >= 4 is 86.5 Å². The number of aliphatic carboxylic acids is 1. The van der Waals surface area contributed by atoms with Crippen LogP contribution in [0.15, 0.2) is 50.7 Å². The molecular weight excluding hydrogens is 536 g/mol. The van der Waals surface area contributed by atoms with Crippen molar-refractivity contribution in [2.45, 2.75) is 26.7 Å². The lowest BCUT2D eigenvalue weighted by atomic mass is 10.1. The molecule has 0 spiro atoms. The number of aryl methyl sites for hydroxylation is 2. The van der Waals surface area contributed by atoms with E-state index in [0.717, 1.165) is 20.1 Å². The van der Waals surface area contributed by atoms with Gasteiger partial charge in [0.15, 0.2) is 5.78 Å². The molecule has 4 aromatic rings. The summed E-state index contributed by atoms with van der Waals surface area (Å²) in [7, 11) is 0. The number of hydrogen-bond acceptors (Lipinski definition) is 4. The van der Waals surface area contributed by atoms with Gasteiger partial charge >= 0.3 is 5.97 Å². The molecule has 0 saturated carbocycles. The smallest absolute Gasteiger partial charge is 0.303 e. The zero-order valence-corrected chi connectivity index (χ0v) is 20.6. The summed E-state index contributed by atoms with van der Waals surface area (Å²) in [4.78, 5) is 22.9. The van der Waals surface area contributed by atoms with E-state index in [1.807, 2.05) is 25.1 Å². The Kier molecular flexibility index (Phi) is 7.27. The van der Waals surface area contributed by atoms with Crippen LogP contribution >= 0.6 is 54.5 Å². The maximum atomic E-state index is 11.8. The second-order valence-corrected chi connectivity index (χ2v) is 10.4. The van der Waals surface area contributed by atoms with Crippen LogP contribution in [0.4, 0.5) is 0 Å². The van der Waals surface area contributed by atoms with Crippen LogP contribution in [0.25, 0.3) is 20.2 Å². The molecule has 0 aliphatic carbocycles. The van der Waals surface area contributed by atoms with E-state index in [2.05, 4.69) is 62.4 Å². The molecule has 0 radical (unpaired) electrons. The summed E-state index contributed by atoms with van der Waals surface area (Å²) in [5.74, 6) is -1.05. The third-order valence-electron chi connectivity index (χ3n) is 4.37. The van der Waals surface area contributed by atoms with Gasteiger partial charge in [0.25, 0.3) is 0 Å². The molecule has 29 heavy (non-hydrogen) atoms. The minimum absolute atomic E-state index is 0.0578. The average Bonchev–Trinajstić information content (AvgIpc) is 3.27. The third kappa shape index (κ3) is 5.54. The van der Waals surface area contributed by atoms with Crippen molar-refractivity contribution in [3.8, 4) is 0 Å². The Morgan fingerprint density at radius 1 is 0.897 bits per heavy atom. The number of thiophene rings is 2. The SMILES string of the molecule is Cc1cc2sc(C(=O)CCC(=O)O)cc2cc1Br.Cc1cc2sccc2cc1Br. The fourth-order valence-corrected chi connectivity index (χ4v) is 5.43. The van der Waals surface area contributed by atoms with Gasteiger partial charge in [0.05, 0.1) is 11.3 Å². The van der Waals surface area contributed by atoms with E-state index >= 15 is 0 Å². The molecule has 0 saturated heterocycles. The highest BCUT2D eigenvalue weighted by Crippen LogP contribution is 2.31. The Bertz CT molecular complexity index is 1130. The number of carbonyl (C=O) groups is 2. The highest BCUT2D eigenvalue weighted by Gasteiger charge is 2.12. The number of carboxylic acids is 1. The van der Waals surface area contributed by atoms with Crippen LogP contribution < -0.4 is 0 Å². The van der Waals surface area contributed by atoms with Crippen LogP contribution in [-0.4, -0.2) is 16.9 Å². The monoisotopic (exact) mass is 552 g/mol. The summed E-state index contributed by atoms with van der Waals surface area (Å²) >= 11 is 10.2. The van der Waals surface area contributed by atoms with E-state index < -0.39 is 5.97 Å². The number of halogens is 2. The first kappa shape index (κ1) is 22.2. The molecule has 0 bridgehead atoms. The van der Waals surface area contributed by atoms with Gasteiger partial charge in [-0.3, -0.25) is 9.59 Å². The minimum Gasteiger partial charge on any atom is -0.481 e. The van der Waals surface area contributed by atoms with E-state index in [1.54, 1.807) is 11.3 Å². The van der Waals surface area contributed by atoms with Crippen LogP contribution in [0, 0.1) is 13.8 Å². The molecule has 4 rings (SSSR count). The summed E-state index contributed by atoms with van der Waals surface area (Å²) in [5, 5.41) is 13.0. The zero-order chi connectivity index (χ0) is 21.1. The summed E-state index contributed by atoms with van der Waals surface area (Å²) in [6.45, 7) is 4.11. The largest absolute Gasteiger partial charge is 0.481 e. The highest BCUT2D eigenvalue weighted by atomic mass is 79.9. The predicted molar refractivity (Wildman–Crippen MR) is 130 cm³/mol. The Labute approximate surface area is 193 Å². The Morgan fingerprint density at radius 2 is 1.52 bits per heavy atom. The second-order valence-electron chi connectivity index (χ2n) is 6.63. The van der Waals surface area contributed by atoms with Gasteiger partial charge in [-0.15, -0.1) is 22.7 Å². The molecule has 7 heteroatoms. The lowest BCUT2D eigenvalue weighted by Gasteiger charge is -1.96. The van der Waals surface area contributed by atoms with E-state index in [4.69, 9.17) is 5.11 Å². The molecule has 2 heterocycles. The van der Waals surface area contributed by atoms with Crippen LogP contribution in [0.5, 0.6) is 0 Å². The van der Waals surface area contributed by atoms with Crippen molar-refractivity contribution in [3.05, 3.63) is 66.7 Å². The van der Waals surface area contributed by atoms with Crippen molar-refractivity contribution < 1.29 is 14.7 Å². The van der Waals surface area contributed by atoms with Crippen LogP contribution in [0.3, 0.4) is 0 Å². The van der Waals surface area contributed by atoms with E-state index in [0.29, 0.717) is 4.88 Å². The Balaban J connectivity index is 0.000000186. The fourth-order valence-electron chi connectivity index (χ4n) is 2.73. The molecule has 150 valence electrons. The predicted octanol–water partition coefficient (Wildman–Crippen LogP) is 7.99. The first-order chi connectivity index (χ1) is 13.7. The van der Waals surface area contributed by atoms with Gasteiger partial charge in [0.1, 0.15) is 0 Å². The number of benzene rings is 2. The van der Waals surface area contributed by atoms with Gasteiger partial charge in [0, 0.05) is 24.8 Å². The number of hydrogen-bond donors (Lipinski definition) is 1. The summed E-state index contributed by atoms with van der Waals surface area (Å²) < 4.78 is 4.63. The van der Waals surface area contributed by atoms with Gasteiger partial charge in [-0.25, -0.2) is 0 Å². The van der Waals surface area contributed by atoms with Gasteiger partial charge in [0.2, 0.25) is 0 Å². The Hall–Kier alpha value is -1.54. The fraction of sp³-hybridized carbons (Fsp3) is 0.182. The third-order valence-corrected chi connectivity index (χ3v) is 8.10. The van der Waals surface area contributed by atoms with E-state index in [1.165, 1.54) is 31.5 Å². The van der Waals surface area contributed by atoms with Gasteiger partial charge in [-0.05, 0) is 77.5 Å². The average molecular weight is 554 g/mol. The minimum atomic E-state index is -0.942. The highest BCUT2D eigenvalue weighted by molar-refractivity contribution is 9.10. The normalized spacial score (nSPS) is 10.8. The number of carbonyl (C=O) groups excluding carboxylic acids is 1. The molecule has 0 amide bonds. The maximum absolute atomic E-state index is 11.8. The number of carboxylic acid groups (broad SMARTS) is 1. The quantitative estimate of drug-likeness (QED) is 0.260. The van der Waals surface area contributed by atoms with Crippen molar-refractivity contribution in [1.29, 1.82) is 0 Å². The summed E-state index contributed by atoms with van der Waals surface area (Å²) in [6.07, 6.45) is -0.0574. The number of fused-ring (bicyclic) bond motifs is 2. The second kappa shape index (κ2) is 9.51. The number of rotatable bonds is 4. The topological polar surface area (TPSA) is 54.4 Å². The standard InChI is InChI=1S/C13H11BrO3S.C9H7BrS/c1-7-4-11-8(5-9(7)14)6-12(18-11)10(15)2-3-13(16)17;1-6-4-9-7(2-3-11-9)5-8(6)10/h4-6H,2-3H2,1H3,(H,16,17);2-5H,1H3. The van der Waals surface area contributed by atoms with Gasteiger partial charge < -0.3 is 5.11 Å². The Morgan fingerprint density at radius 3 is 2.17 bits per heavy atom. The van der Waals surface area contributed by atoms with Crippen LogP contribution in [0.1, 0.15) is 33.6 Å². The number of ketones is 1. The van der Waals surface area contributed by atoms with Crippen molar-refractivity contribution in [3.63, 3.8) is 0 Å². The lowest BCUT2D eigenvalue weighted by Crippen LogP contribution is -2.01. The van der Waals surface area contributed by atoms with Crippen molar-refractivity contribution in [2.75, 3.05) is 0 Å². The molecular formula is C22H18Br2O3S2.